The Morgan fingerprint density at radius 2 is 1.83 bits per heavy atom. The number of nitrogens with zero attached hydrogens (tertiary/aromatic N) is 1. The number of benzene rings is 1. The van der Waals surface area contributed by atoms with Crippen LogP contribution in [0.15, 0.2) is 23.1 Å². The number of methoxy groups -OCH3 is 1. The Balaban J connectivity index is 1.93. The van der Waals surface area contributed by atoms with Gasteiger partial charge in [0.05, 0.1) is 12.7 Å². The molecule has 2 heterocycles. The van der Waals surface area contributed by atoms with Crippen LogP contribution >= 0.6 is 11.3 Å². The number of carbonyl (C=O) groups excluding carboxylic acids is 2. The van der Waals surface area contributed by atoms with Crippen molar-refractivity contribution in [3.05, 3.63) is 45.6 Å². The summed E-state index contributed by atoms with van der Waals surface area (Å²) in [6.07, 6.45) is 2.36. The van der Waals surface area contributed by atoms with E-state index in [2.05, 4.69) is 5.32 Å². The Labute approximate surface area is 178 Å². The standard InChI is InChI=1S/C20H23FN2O5S2/c1-12-13(2)29-19(17(12)20(25)28-3)22-18(24)14-7-8-15(21)16(11-14)30(26,27)23-9-5-4-6-10-23/h7-8,11H,4-6,9-10H2,1-3H3,(H,22,24). The van der Waals surface area contributed by atoms with Gasteiger partial charge in [0.15, 0.2) is 0 Å². The number of rotatable bonds is 5. The van der Waals surface area contributed by atoms with Gasteiger partial charge < -0.3 is 10.1 Å². The molecule has 1 aliphatic heterocycles. The predicted molar refractivity (Wildman–Crippen MR) is 112 cm³/mol. The average Bonchev–Trinajstić information content (AvgIpc) is 3.01. The van der Waals surface area contributed by atoms with Crippen LogP contribution < -0.4 is 5.32 Å². The number of carbonyl (C=O) groups is 2. The molecule has 1 N–H and O–H groups in total. The second kappa shape index (κ2) is 8.83. The Kier molecular flexibility index (Phi) is 6.59. The van der Waals surface area contributed by atoms with Crippen molar-refractivity contribution in [1.82, 2.24) is 4.31 Å². The van der Waals surface area contributed by atoms with E-state index >= 15 is 0 Å². The number of nitrogens with one attached hydrogen (secondary N) is 1. The number of amides is 1. The van der Waals surface area contributed by atoms with Gasteiger partial charge in [0.1, 0.15) is 15.7 Å². The summed E-state index contributed by atoms with van der Waals surface area (Å²) < 4.78 is 46.2. The molecular formula is C20H23FN2O5S2. The first-order valence-electron chi connectivity index (χ1n) is 9.46. The third-order valence-electron chi connectivity index (χ3n) is 5.13. The summed E-state index contributed by atoms with van der Waals surface area (Å²) in [7, 11) is -2.79. The van der Waals surface area contributed by atoms with Crippen LogP contribution in [0.3, 0.4) is 0 Å². The number of thiophene rings is 1. The number of piperidine rings is 1. The van der Waals surface area contributed by atoms with Crippen molar-refractivity contribution < 1.29 is 27.1 Å². The Hall–Kier alpha value is -2.30. The molecule has 162 valence electrons. The molecule has 7 nitrogen and oxygen atoms in total. The van der Waals surface area contributed by atoms with Gasteiger partial charge in [0, 0.05) is 23.5 Å². The number of aryl methyl sites for hydroxylation is 1. The lowest BCUT2D eigenvalue weighted by atomic mass is 10.1. The highest BCUT2D eigenvalue weighted by molar-refractivity contribution is 7.89. The summed E-state index contributed by atoms with van der Waals surface area (Å²) in [6, 6.07) is 3.22. The highest BCUT2D eigenvalue weighted by atomic mass is 32.2. The van der Waals surface area contributed by atoms with Gasteiger partial charge in [-0.3, -0.25) is 4.79 Å². The number of halogens is 1. The Morgan fingerprint density at radius 1 is 1.17 bits per heavy atom. The van der Waals surface area contributed by atoms with Crippen molar-refractivity contribution in [2.24, 2.45) is 0 Å². The first-order valence-corrected chi connectivity index (χ1v) is 11.7. The molecule has 0 bridgehead atoms. The minimum atomic E-state index is -4.04. The minimum Gasteiger partial charge on any atom is -0.465 e. The summed E-state index contributed by atoms with van der Waals surface area (Å²) in [6.45, 7) is 4.21. The van der Waals surface area contributed by atoms with Crippen LogP contribution in [0, 0.1) is 19.7 Å². The molecule has 1 aliphatic rings. The second-order valence-electron chi connectivity index (χ2n) is 7.04. The predicted octanol–water partition coefficient (Wildman–Crippen LogP) is 3.72. The fourth-order valence-electron chi connectivity index (χ4n) is 3.32. The van der Waals surface area contributed by atoms with Crippen LogP contribution in [-0.2, 0) is 14.8 Å². The molecule has 1 aromatic carbocycles. The van der Waals surface area contributed by atoms with Crippen molar-refractivity contribution in [1.29, 1.82) is 0 Å². The van der Waals surface area contributed by atoms with Gasteiger partial charge in [0.25, 0.3) is 5.91 Å². The molecule has 0 saturated carbocycles. The van der Waals surface area contributed by atoms with Gasteiger partial charge in [-0.15, -0.1) is 11.3 Å². The normalized spacial score (nSPS) is 15.1. The van der Waals surface area contributed by atoms with Crippen molar-refractivity contribution in [2.75, 3.05) is 25.5 Å². The van der Waals surface area contributed by atoms with E-state index in [9.17, 15) is 22.4 Å². The van der Waals surface area contributed by atoms with E-state index in [0.29, 0.717) is 36.5 Å². The average molecular weight is 455 g/mol. The molecule has 1 fully saturated rings. The zero-order valence-electron chi connectivity index (χ0n) is 17.0. The maximum Gasteiger partial charge on any atom is 0.341 e. The summed E-state index contributed by atoms with van der Waals surface area (Å²) in [5.74, 6) is -2.13. The van der Waals surface area contributed by atoms with E-state index in [1.807, 2.05) is 6.92 Å². The van der Waals surface area contributed by atoms with Crippen molar-refractivity contribution in [3.8, 4) is 0 Å². The molecule has 0 atom stereocenters. The van der Waals surface area contributed by atoms with Crippen molar-refractivity contribution in [2.45, 2.75) is 38.0 Å². The second-order valence-corrected chi connectivity index (χ2v) is 10.2. The largest absolute Gasteiger partial charge is 0.465 e. The Bertz CT molecular complexity index is 1090. The molecular weight excluding hydrogens is 431 g/mol. The monoisotopic (exact) mass is 454 g/mol. The summed E-state index contributed by atoms with van der Waals surface area (Å²) >= 11 is 1.21. The molecule has 0 unspecified atom stereocenters. The lowest BCUT2D eigenvalue weighted by molar-refractivity contribution is 0.0601. The number of esters is 1. The molecule has 1 amide bonds. The maximum atomic E-state index is 14.4. The van der Waals surface area contributed by atoms with E-state index in [0.717, 1.165) is 23.4 Å². The van der Waals surface area contributed by atoms with Crippen LogP contribution in [0.1, 0.15) is 50.4 Å². The third-order valence-corrected chi connectivity index (χ3v) is 8.16. The lowest BCUT2D eigenvalue weighted by Gasteiger charge is -2.26. The highest BCUT2D eigenvalue weighted by Crippen LogP contribution is 2.33. The first kappa shape index (κ1) is 22.4. The van der Waals surface area contributed by atoms with E-state index < -0.39 is 32.6 Å². The van der Waals surface area contributed by atoms with Gasteiger partial charge in [-0.25, -0.2) is 17.6 Å². The zero-order chi connectivity index (χ0) is 22.1. The summed E-state index contributed by atoms with van der Waals surface area (Å²) in [4.78, 5) is 25.2. The number of ether oxygens (including phenoxy) is 1. The Morgan fingerprint density at radius 3 is 2.47 bits per heavy atom. The highest BCUT2D eigenvalue weighted by Gasteiger charge is 2.30. The van der Waals surface area contributed by atoms with E-state index in [-0.39, 0.29) is 11.1 Å². The SMILES string of the molecule is COC(=O)c1c(NC(=O)c2ccc(F)c(S(=O)(=O)N3CCCCC3)c2)sc(C)c1C. The van der Waals surface area contributed by atoms with Gasteiger partial charge >= 0.3 is 5.97 Å². The molecule has 0 spiro atoms. The van der Waals surface area contributed by atoms with E-state index in [1.54, 1.807) is 6.92 Å². The van der Waals surface area contributed by atoms with Gasteiger partial charge in [0.2, 0.25) is 10.0 Å². The molecule has 0 aliphatic carbocycles. The smallest absolute Gasteiger partial charge is 0.341 e. The third kappa shape index (κ3) is 4.26. The van der Waals surface area contributed by atoms with E-state index in [4.69, 9.17) is 4.74 Å². The van der Waals surface area contributed by atoms with Crippen LogP contribution in [0.2, 0.25) is 0 Å². The molecule has 3 rings (SSSR count). The molecule has 0 radical (unpaired) electrons. The summed E-state index contributed by atoms with van der Waals surface area (Å²) in [5.41, 5.74) is 0.915. The van der Waals surface area contributed by atoms with Crippen molar-refractivity contribution in [3.63, 3.8) is 0 Å². The van der Waals surface area contributed by atoms with E-state index in [1.165, 1.54) is 28.8 Å². The fraction of sp³-hybridized carbons (Fsp3) is 0.400. The minimum absolute atomic E-state index is 0.0218. The molecule has 1 saturated heterocycles. The van der Waals surface area contributed by atoms with Crippen LogP contribution in [0.5, 0.6) is 0 Å². The van der Waals surface area contributed by atoms with Crippen LogP contribution in [0.25, 0.3) is 0 Å². The van der Waals surface area contributed by atoms with Crippen LogP contribution in [-0.4, -0.2) is 44.8 Å². The number of anilines is 1. The van der Waals surface area contributed by atoms with Gasteiger partial charge in [-0.2, -0.15) is 4.31 Å². The summed E-state index contributed by atoms with van der Waals surface area (Å²) in [5, 5.41) is 2.93. The lowest BCUT2D eigenvalue weighted by Crippen LogP contribution is -2.36. The van der Waals surface area contributed by atoms with Gasteiger partial charge in [-0.1, -0.05) is 6.42 Å². The topological polar surface area (TPSA) is 92.8 Å². The molecule has 1 aromatic heterocycles. The number of sulfonamides is 1. The zero-order valence-corrected chi connectivity index (χ0v) is 18.6. The van der Waals surface area contributed by atoms with Gasteiger partial charge in [-0.05, 0) is 50.5 Å². The maximum absolute atomic E-state index is 14.4. The first-order chi connectivity index (χ1) is 14.2. The molecule has 10 heteroatoms. The van der Waals surface area contributed by atoms with Crippen LogP contribution in [0.4, 0.5) is 9.39 Å². The quantitative estimate of drug-likeness (QED) is 0.695. The molecule has 30 heavy (non-hydrogen) atoms. The van der Waals surface area contributed by atoms with Crippen molar-refractivity contribution >= 4 is 38.2 Å². The number of hydrogen-bond acceptors (Lipinski definition) is 6. The number of hydrogen-bond donors (Lipinski definition) is 1. The molecule has 2 aromatic rings. The fourth-order valence-corrected chi connectivity index (χ4v) is 5.98.